The van der Waals surface area contributed by atoms with Crippen LogP contribution >= 0.6 is 0 Å². The van der Waals surface area contributed by atoms with Crippen molar-refractivity contribution in [2.75, 3.05) is 11.3 Å². The minimum Gasteiger partial charge on any atom is -0.370 e. The molecule has 0 spiro atoms. The Balaban J connectivity index is 1.72. The normalized spacial score (nSPS) is 18.3. The van der Waals surface area contributed by atoms with Crippen molar-refractivity contribution in [1.29, 1.82) is 0 Å². The first-order chi connectivity index (χ1) is 15.7. The maximum Gasteiger partial charge on any atom is 0.243 e. The first kappa shape index (κ1) is 23.1. The Bertz CT molecular complexity index is 1220. The Hall–Kier alpha value is -3.06. The van der Waals surface area contributed by atoms with Gasteiger partial charge in [-0.05, 0) is 32.3 Å². The lowest BCUT2D eigenvalue weighted by Crippen LogP contribution is -2.31. The van der Waals surface area contributed by atoms with E-state index in [-0.39, 0.29) is 11.8 Å². The van der Waals surface area contributed by atoms with Gasteiger partial charge in [0.15, 0.2) is 17.5 Å². The predicted octanol–water partition coefficient (Wildman–Crippen LogP) is 2.82. The summed E-state index contributed by atoms with van der Waals surface area (Å²) in [7, 11) is -4.09. The van der Waals surface area contributed by atoms with E-state index in [2.05, 4.69) is 29.9 Å². The van der Waals surface area contributed by atoms with Gasteiger partial charge in [-0.2, -0.15) is 0 Å². The SMILES string of the molecule is Cc1cnc([C@@H](C)[C@H](C)S(=O)(=O)Nc2nnc([C@@H]3CCCO3)n2-c2c(F)cncc2F)nc1. The van der Waals surface area contributed by atoms with Crippen molar-refractivity contribution in [1.82, 2.24) is 29.7 Å². The van der Waals surface area contributed by atoms with Crippen LogP contribution in [0.3, 0.4) is 0 Å². The second kappa shape index (κ2) is 9.06. The number of nitrogens with zero attached hydrogens (tertiary/aromatic N) is 6. The highest BCUT2D eigenvalue weighted by atomic mass is 32.2. The third-order valence-corrected chi connectivity index (χ3v) is 7.45. The number of pyridine rings is 1. The molecule has 13 heteroatoms. The molecule has 4 heterocycles. The Kier molecular flexibility index (Phi) is 6.34. The van der Waals surface area contributed by atoms with Gasteiger partial charge in [0.25, 0.3) is 0 Å². The molecule has 3 aromatic rings. The summed E-state index contributed by atoms with van der Waals surface area (Å²) in [5.74, 6) is -2.48. The molecule has 0 amide bonds. The van der Waals surface area contributed by atoms with Crippen LogP contribution in [0.4, 0.5) is 14.7 Å². The third kappa shape index (κ3) is 4.55. The molecule has 0 bridgehead atoms. The molecule has 3 atom stereocenters. The Morgan fingerprint density at radius 2 is 1.79 bits per heavy atom. The number of hydrogen-bond acceptors (Lipinski definition) is 8. The Morgan fingerprint density at radius 1 is 1.12 bits per heavy atom. The number of nitrogens with one attached hydrogen (secondary N) is 1. The van der Waals surface area contributed by atoms with Crippen LogP contribution < -0.4 is 4.72 Å². The van der Waals surface area contributed by atoms with Gasteiger partial charge in [0.2, 0.25) is 16.0 Å². The van der Waals surface area contributed by atoms with Crippen LogP contribution in [0.2, 0.25) is 0 Å². The van der Waals surface area contributed by atoms with Crippen molar-refractivity contribution in [3.63, 3.8) is 0 Å². The van der Waals surface area contributed by atoms with E-state index < -0.39 is 44.6 Å². The van der Waals surface area contributed by atoms with Gasteiger partial charge >= 0.3 is 0 Å². The summed E-state index contributed by atoms with van der Waals surface area (Å²) >= 11 is 0. The summed E-state index contributed by atoms with van der Waals surface area (Å²) in [6.45, 7) is 5.45. The first-order valence-electron chi connectivity index (χ1n) is 10.4. The van der Waals surface area contributed by atoms with Crippen LogP contribution in [0, 0.1) is 18.6 Å². The number of ether oxygens (including phenoxy) is 1. The van der Waals surface area contributed by atoms with Gasteiger partial charge in [-0.15, -0.1) is 10.2 Å². The van der Waals surface area contributed by atoms with E-state index in [9.17, 15) is 17.2 Å². The zero-order valence-corrected chi connectivity index (χ0v) is 19.1. The summed E-state index contributed by atoms with van der Waals surface area (Å²) in [6, 6.07) is 0. The molecule has 3 aromatic heterocycles. The minimum absolute atomic E-state index is 0.0942. The summed E-state index contributed by atoms with van der Waals surface area (Å²) in [4.78, 5) is 11.9. The van der Waals surface area contributed by atoms with Gasteiger partial charge in [0, 0.05) is 24.9 Å². The lowest BCUT2D eigenvalue weighted by atomic mass is 10.1. The zero-order valence-electron chi connectivity index (χ0n) is 18.2. The maximum absolute atomic E-state index is 14.6. The standard InChI is InChI=1S/C20H23F2N7O3S/c1-11-7-24-18(25-8-11)12(2)13(3)33(30,31)28-20-27-26-19(16-5-4-6-32-16)29(20)17-14(21)9-23-10-15(17)22/h7-10,12-13,16H,4-6H2,1-3H3,(H,27,28)/t12-,13-,16-/m0/s1. The number of anilines is 1. The highest BCUT2D eigenvalue weighted by Crippen LogP contribution is 2.33. The minimum atomic E-state index is -4.09. The van der Waals surface area contributed by atoms with Gasteiger partial charge < -0.3 is 4.74 Å². The zero-order chi connectivity index (χ0) is 23.8. The number of aromatic nitrogens is 6. The molecule has 1 saturated heterocycles. The molecule has 4 rings (SSSR count). The summed E-state index contributed by atoms with van der Waals surface area (Å²) < 4.78 is 64.6. The molecule has 0 aliphatic carbocycles. The third-order valence-electron chi connectivity index (χ3n) is 5.59. The van der Waals surface area contributed by atoms with E-state index in [4.69, 9.17) is 4.74 Å². The average molecular weight is 480 g/mol. The molecule has 1 N–H and O–H groups in total. The van der Waals surface area contributed by atoms with Crippen LogP contribution in [0.15, 0.2) is 24.8 Å². The predicted molar refractivity (Wildman–Crippen MR) is 114 cm³/mol. The van der Waals surface area contributed by atoms with Crippen molar-refractivity contribution in [2.24, 2.45) is 0 Å². The summed E-state index contributed by atoms with van der Waals surface area (Å²) in [5.41, 5.74) is 0.302. The number of hydrogen-bond donors (Lipinski definition) is 1. The lowest BCUT2D eigenvalue weighted by Gasteiger charge is -2.21. The molecule has 33 heavy (non-hydrogen) atoms. The molecule has 0 radical (unpaired) electrons. The van der Waals surface area contributed by atoms with Gasteiger partial charge in [-0.3, -0.25) is 14.3 Å². The largest absolute Gasteiger partial charge is 0.370 e. The van der Waals surface area contributed by atoms with E-state index in [1.807, 2.05) is 6.92 Å². The average Bonchev–Trinajstić information content (AvgIpc) is 3.43. The second-order valence-electron chi connectivity index (χ2n) is 7.93. The first-order valence-corrected chi connectivity index (χ1v) is 11.9. The van der Waals surface area contributed by atoms with E-state index >= 15 is 0 Å². The van der Waals surface area contributed by atoms with Crippen molar-refractivity contribution >= 4 is 16.0 Å². The number of halogens is 2. The van der Waals surface area contributed by atoms with Crippen molar-refractivity contribution in [2.45, 2.75) is 50.9 Å². The monoisotopic (exact) mass is 479 g/mol. The van der Waals surface area contributed by atoms with Gasteiger partial charge in [0.1, 0.15) is 17.6 Å². The molecule has 176 valence electrons. The highest BCUT2D eigenvalue weighted by molar-refractivity contribution is 7.93. The number of sulfonamides is 1. The van der Waals surface area contributed by atoms with E-state index in [1.165, 1.54) is 6.92 Å². The molecule has 10 nitrogen and oxygen atoms in total. The van der Waals surface area contributed by atoms with Gasteiger partial charge in [-0.25, -0.2) is 27.2 Å². The highest BCUT2D eigenvalue weighted by Gasteiger charge is 2.34. The number of aryl methyl sites for hydroxylation is 1. The van der Waals surface area contributed by atoms with Gasteiger partial charge in [0.05, 0.1) is 17.6 Å². The fraction of sp³-hybridized carbons (Fsp3) is 0.450. The topological polar surface area (TPSA) is 125 Å². The lowest BCUT2D eigenvalue weighted by molar-refractivity contribution is 0.103. The fourth-order valence-corrected chi connectivity index (χ4v) is 4.76. The molecule has 1 aliphatic rings. The van der Waals surface area contributed by atoms with E-state index in [0.29, 0.717) is 18.9 Å². The van der Waals surface area contributed by atoms with Crippen LogP contribution in [0.5, 0.6) is 0 Å². The molecular weight excluding hydrogens is 456 g/mol. The molecule has 0 aromatic carbocycles. The van der Waals surface area contributed by atoms with Crippen molar-refractivity contribution in [3.05, 3.63) is 53.6 Å². The summed E-state index contributed by atoms with van der Waals surface area (Å²) in [5, 5.41) is 6.89. The molecule has 0 saturated carbocycles. The molecule has 0 unspecified atom stereocenters. The van der Waals surface area contributed by atoms with Crippen LogP contribution in [0.1, 0.15) is 55.9 Å². The maximum atomic E-state index is 14.6. The second-order valence-corrected chi connectivity index (χ2v) is 9.97. The smallest absolute Gasteiger partial charge is 0.243 e. The fourth-order valence-electron chi connectivity index (χ4n) is 3.53. The Labute approximate surface area is 189 Å². The van der Waals surface area contributed by atoms with Crippen LogP contribution in [0.25, 0.3) is 5.69 Å². The summed E-state index contributed by atoms with van der Waals surface area (Å²) in [6.07, 6.45) is 5.56. The quantitative estimate of drug-likeness (QED) is 0.549. The molecular formula is C20H23F2N7O3S. The number of rotatable bonds is 7. The Morgan fingerprint density at radius 3 is 2.39 bits per heavy atom. The van der Waals surface area contributed by atoms with Crippen molar-refractivity contribution < 1.29 is 21.9 Å². The van der Waals surface area contributed by atoms with E-state index in [0.717, 1.165) is 28.9 Å². The van der Waals surface area contributed by atoms with Crippen LogP contribution in [-0.2, 0) is 14.8 Å². The van der Waals surface area contributed by atoms with Crippen molar-refractivity contribution in [3.8, 4) is 5.69 Å². The van der Waals surface area contributed by atoms with E-state index in [1.54, 1.807) is 19.3 Å². The molecule has 1 aliphatic heterocycles. The molecule has 1 fully saturated rings. The van der Waals surface area contributed by atoms with Crippen LogP contribution in [-0.4, -0.2) is 50.0 Å². The van der Waals surface area contributed by atoms with Gasteiger partial charge in [-0.1, -0.05) is 6.92 Å².